The van der Waals surface area contributed by atoms with Crippen molar-refractivity contribution in [2.75, 3.05) is 11.9 Å². The number of ether oxygens (including phenoxy) is 1. The largest absolute Gasteiger partial charge is 0.494 e. The molecule has 0 spiro atoms. The van der Waals surface area contributed by atoms with Crippen LogP contribution in [0.4, 0.5) is 5.69 Å². The van der Waals surface area contributed by atoms with E-state index in [1.54, 1.807) is 0 Å². The molecule has 0 amide bonds. The molecule has 2 nitrogen and oxygen atoms in total. The van der Waals surface area contributed by atoms with E-state index < -0.39 is 0 Å². The second-order valence-electron chi connectivity index (χ2n) is 4.83. The van der Waals surface area contributed by atoms with E-state index >= 15 is 0 Å². The molecule has 0 aliphatic carbocycles. The number of hydrogen-bond donors (Lipinski definition) is 1. The summed E-state index contributed by atoms with van der Waals surface area (Å²) in [6, 6.07) is 14.0. The Kier molecular flexibility index (Phi) is 6.40. The molecule has 21 heavy (non-hydrogen) atoms. The van der Waals surface area contributed by atoms with Gasteiger partial charge in [0.15, 0.2) is 0 Å². The molecule has 0 radical (unpaired) electrons. The summed E-state index contributed by atoms with van der Waals surface area (Å²) in [5.41, 5.74) is 2.25. The number of nitrogens with one attached hydrogen (secondary N) is 1. The van der Waals surface area contributed by atoms with Crippen LogP contribution in [0, 0.1) is 0 Å². The molecule has 0 aliphatic rings. The van der Waals surface area contributed by atoms with E-state index in [9.17, 15) is 0 Å². The van der Waals surface area contributed by atoms with E-state index in [2.05, 4.69) is 40.3 Å². The van der Waals surface area contributed by atoms with Crippen molar-refractivity contribution < 1.29 is 4.74 Å². The normalized spacial score (nSPS) is 10.4. The number of anilines is 1. The van der Waals surface area contributed by atoms with Gasteiger partial charge < -0.3 is 10.1 Å². The van der Waals surface area contributed by atoms with Crippen LogP contribution < -0.4 is 10.1 Å². The third kappa shape index (κ3) is 5.25. The molecule has 0 saturated heterocycles. The van der Waals surface area contributed by atoms with Crippen LogP contribution in [0.15, 0.2) is 46.9 Å². The monoisotopic (exact) mass is 367 g/mol. The Hall–Kier alpha value is -1.19. The quantitative estimate of drug-likeness (QED) is 0.615. The highest BCUT2D eigenvalue weighted by Crippen LogP contribution is 2.25. The third-order valence-corrected chi connectivity index (χ3v) is 4.32. The average molecular weight is 369 g/mol. The van der Waals surface area contributed by atoms with Gasteiger partial charge in [-0.25, -0.2) is 0 Å². The van der Waals surface area contributed by atoms with Crippen molar-refractivity contribution in [2.24, 2.45) is 0 Å². The molecule has 1 N–H and O–H groups in total. The smallest absolute Gasteiger partial charge is 0.119 e. The van der Waals surface area contributed by atoms with Crippen LogP contribution >= 0.6 is 27.5 Å². The van der Waals surface area contributed by atoms with Crippen LogP contribution in [0.1, 0.15) is 25.3 Å². The number of benzene rings is 2. The van der Waals surface area contributed by atoms with Gasteiger partial charge in [-0.1, -0.05) is 37.1 Å². The first-order chi connectivity index (χ1) is 10.2. The van der Waals surface area contributed by atoms with E-state index in [0.717, 1.165) is 41.9 Å². The lowest BCUT2D eigenvalue weighted by Crippen LogP contribution is -2.00. The van der Waals surface area contributed by atoms with Crippen molar-refractivity contribution in [2.45, 2.75) is 26.3 Å². The Balaban J connectivity index is 1.86. The molecule has 0 aromatic heterocycles. The zero-order chi connectivity index (χ0) is 15.1. The van der Waals surface area contributed by atoms with Gasteiger partial charge in [-0.2, -0.15) is 0 Å². The summed E-state index contributed by atoms with van der Waals surface area (Å²) in [5, 5.41) is 4.09. The van der Waals surface area contributed by atoms with Gasteiger partial charge in [0.05, 0.1) is 11.6 Å². The van der Waals surface area contributed by atoms with Crippen LogP contribution in [0.3, 0.4) is 0 Å². The minimum atomic E-state index is 0.717. The third-order valence-electron chi connectivity index (χ3n) is 3.11. The van der Waals surface area contributed by atoms with Crippen LogP contribution in [-0.2, 0) is 6.54 Å². The van der Waals surface area contributed by atoms with Crippen LogP contribution in [0.2, 0.25) is 5.02 Å². The molecule has 0 saturated carbocycles. The highest BCUT2D eigenvalue weighted by atomic mass is 79.9. The molecule has 2 rings (SSSR count). The first-order valence-corrected chi connectivity index (χ1v) is 8.27. The van der Waals surface area contributed by atoms with Gasteiger partial charge in [0.2, 0.25) is 0 Å². The Morgan fingerprint density at radius 2 is 1.90 bits per heavy atom. The maximum absolute atomic E-state index is 5.98. The van der Waals surface area contributed by atoms with Crippen molar-refractivity contribution >= 4 is 33.2 Å². The maximum atomic E-state index is 5.98. The first-order valence-electron chi connectivity index (χ1n) is 7.09. The molecule has 4 heteroatoms. The maximum Gasteiger partial charge on any atom is 0.119 e. The van der Waals surface area contributed by atoms with E-state index in [1.165, 1.54) is 5.56 Å². The number of hydrogen-bond acceptors (Lipinski definition) is 2. The molecule has 2 aromatic rings. The van der Waals surface area contributed by atoms with Crippen molar-refractivity contribution in [1.82, 2.24) is 0 Å². The Labute approximate surface area is 139 Å². The minimum Gasteiger partial charge on any atom is -0.494 e. The lowest BCUT2D eigenvalue weighted by atomic mass is 10.2. The molecule has 0 aliphatic heterocycles. The summed E-state index contributed by atoms with van der Waals surface area (Å²) in [6.07, 6.45) is 2.24. The van der Waals surface area contributed by atoms with E-state index in [-0.39, 0.29) is 0 Å². The van der Waals surface area contributed by atoms with Gasteiger partial charge in [-0.3, -0.25) is 0 Å². The lowest BCUT2D eigenvalue weighted by Gasteiger charge is -2.09. The summed E-state index contributed by atoms with van der Waals surface area (Å²) in [6.45, 7) is 3.71. The van der Waals surface area contributed by atoms with Crippen molar-refractivity contribution in [3.63, 3.8) is 0 Å². The standard InChI is InChI=1S/C17H19BrClNO/c1-2-3-10-21-15-7-4-13(5-8-15)12-20-14-6-9-17(19)16(18)11-14/h4-9,11,20H,2-3,10,12H2,1H3. The van der Waals surface area contributed by atoms with Crippen LogP contribution in [0.5, 0.6) is 5.75 Å². The lowest BCUT2D eigenvalue weighted by molar-refractivity contribution is 0.309. The van der Waals surface area contributed by atoms with Crippen molar-refractivity contribution in [3.05, 3.63) is 57.5 Å². The summed E-state index contributed by atoms with van der Waals surface area (Å²) in [7, 11) is 0. The van der Waals surface area contributed by atoms with Crippen molar-refractivity contribution in [3.8, 4) is 5.75 Å². The van der Waals surface area contributed by atoms with Gasteiger partial charge >= 0.3 is 0 Å². The van der Waals surface area contributed by atoms with E-state index in [1.807, 2.05) is 30.3 Å². The van der Waals surface area contributed by atoms with Gasteiger partial charge in [0.25, 0.3) is 0 Å². The summed E-state index contributed by atoms with van der Waals surface area (Å²) in [4.78, 5) is 0. The predicted octanol–water partition coefficient (Wildman–Crippen LogP) is 5.89. The Morgan fingerprint density at radius 1 is 1.14 bits per heavy atom. The van der Waals surface area contributed by atoms with Crippen LogP contribution in [-0.4, -0.2) is 6.61 Å². The fourth-order valence-corrected chi connectivity index (χ4v) is 2.34. The second kappa shape index (κ2) is 8.30. The molecular weight excluding hydrogens is 350 g/mol. The van der Waals surface area contributed by atoms with Crippen LogP contribution in [0.25, 0.3) is 0 Å². The predicted molar refractivity (Wildman–Crippen MR) is 93.3 cm³/mol. The molecule has 0 fully saturated rings. The van der Waals surface area contributed by atoms with Gasteiger partial charge in [0.1, 0.15) is 5.75 Å². The number of halogens is 2. The summed E-state index contributed by atoms with van der Waals surface area (Å²) in [5.74, 6) is 0.932. The van der Waals surface area contributed by atoms with Gasteiger partial charge in [-0.05, 0) is 58.2 Å². The molecular formula is C17H19BrClNO. The Morgan fingerprint density at radius 3 is 2.57 bits per heavy atom. The zero-order valence-electron chi connectivity index (χ0n) is 12.0. The summed E-state index contributed by atoms with van der Waals surface area (Å²) >= 11 is 9.40. The molecule has 2 aromatic carbocycles. The highest BCUT2D eigenvalue weighted by Gasteiger charge is 2.00. The highest BCUT2D eigenvalue weighted by molar-refractivity contribution is 9.10. The Bertz CT molecular complexity index is 572. The molecule has 0 atom stereocenters. The molecule has 0 heterocycles. The molecule has 0 unspecified atom stereocenters. The molecule has 112 valence electrons. The fourth-order valence-electron chi connectivity index (χ4n) is 1.85. The fraction of sp³-hybridized carbons (Fsp3) is 0.294. The average Bonchev–Trinajstić information content (AvgIpc) is 2.50. The van der Waals surface area contributed by atoms with E-state index in [4.69, 9.17) is 16.3 Å². The second-order valence-corrected chi connectivity index (χ2v) is 6.09. The topological polar surface area (TPSA) is 21.3 Å². The number of unbranched alkanes of at least 4 members (excludes halogenated alkanes) is 1. The van der Waals surface area contributed by atoms with E-state index in [0.29, 0.717) is 5.02 Å². The van der Waals surface area contributed by atoms with Gasteiger partial charge in [0, 0.05) is 16.7 Å². The minimum absolute atomic E-state index is 0.717. The van der Waals surface area contributed by atoms with Crippen molar-refractivity contribution in [1.29, 1.82) is 0 Å². The molecule has 0 bridgehead atoms. The zero-order valence-corrected chi connectivity index (χ0v) is 14.4. The number of rotatable bonds is 7. The summed E-state index contributed by atoms with van der Waals surface area (Å²) < 4.78 is 6.55. The SMILES string of the molecule is CCCCOc1ccc(CNc2ccc(Cl)c(Br)c2)cc1. The first kappa shape index (κ1) is 16.2. The van der Waals surface area contributed by atoms with Gasteiger partial charge in [-0.15, -0.1) is 0 Å².